The molecule has 0 bridgehead atoms. The largest absolute Gasteiger partial charge is 0.455 e. The highest BCUT2D eigenvalue weighted by Crippen LogP contribution is 2.42. The molecule has 10 aromatic rings. The van der Waals surface area contributed by atoms with Crippen LogP contribution in [-0.2, 0) is 0 Å². The van der Waals surface area contributed by atoms with Crippen molar-refractivity contribution in [3.8, 4) is 45.3 Å². The molecule has 0 radical (unpaired) electrons. The van der Waals surface area contributed by atoms with Gasteiger partial charge in [0.1, 0.15) is 11.2 Å². The number of hydrogen-bond donors (Lipinski definition) is 0. The Morgan fingerprint density at radius 2 is 0.857 bits per heavy atom. The van der Waals surface area contributed by atoms with Gasteiger partial charge in [0.05, 0.1) is 0 Å². The summed E-state index contributed by atoms with van der Waals surface area (Å²) < 4.78 is 6.50. The molecule has 0 unspecified atom stereocenters. The number of para-hydroxylation sites is 1. The lowest BCUT2D eigenvalue weighted by atomic mass is 9.95. The van der Waals surface area contributed by atoms with E-state index < -0.39 is 0 Å². The molecule has 2 heterocycles. The second-order valence-corrected chi connectivity index (χ2v) is 12.4. The van der Waals surface area contributed by atoms with Crippen LogP contribution in [0.25, 0.3) is 99.5 Å². The number of fused-ring (bicyclic) bond motifs is 9. The molecular weight excluding hydrogens is 599 g/mol. The molecule has 0 spiro atoms. The van der Waals surface area contributed by atoms with Crippen molar-refractivity contribution >= 4 is 54.3 Å². The normalized spacial score (nSPS) is 11.7. The molecule has 0 atom stereocenters. The maximum absolute atomic E-state index is 6.50. The number of furan rings is 1. The lowest BCUT2D eigenvalue weighted by Crippen LogP contribution is -2.00. The van der Waals surface area contributed by atoms with Crippen molar-refractivity contribution in [3.63, 3.8) is 0 Å². The molecule has 228 valence electrons. The molecule has 8 aromatic carbocycles. The molecule has 0 saturated carbocycles. The first-order valence-corrected chi connectivity index (χ1v) is 16.4. The van der Waals surface area contributed by atoms with E-state index in [1.54, 1.807) is 0 Å². The van der Waals surface area contributed by atoms with Gasteiger partial charge in [0, 0.05) is 32.8 Å². The Balaban J connectivity index is 1.16. The average Bonchev–Trinajstić information content (AvgIpc) is 3.58. The van der Waals surface area contributed by atoms with Crippen LogP contribution in [0.15, 0.2) is 168 Å². The van der Waals surface area contributed by atoms with E-state index in [0.29, 0.717) is 17.5 Å². The van der Waals surface area contributed by atoms with Gasteiger partial charge in [-0.3, -0.25) is 0 Å². The number of benzene rings is 8. The van der Waals surface area contributed by atoms with Gasteiger partial charge in [-0.1, -0.05) is 133 Å². The first kappa shape index (κ1) is 27.5. The van der Waals surface area contributed by atoms with Gasteiger partial charge in [-0.15, -0.1) is 0 Å². The number of aromatic nitrogens is 3. The summed E-state index contributed by atoms with van der Waals surface area (Å²) in [5, 5.41) is 9.07. The zero-order valence-electron chi connectivity index (χ0n) is 26.3. The molecule has 4 nitrogen and oxygen atoms in total. The highest BCUT2D eigenvalue weighted by molar-refractivity contribution is 6.30. The molecule has 0 saturated heterocycles. The third-order valence-corrected chi connectivity index (χ3v) is 9.48. The lowest BCUT2D eigenvalue weighted by Gasteiger charge is -2.11. The minimum absolute atomic E-state index is 0.624. The molecular formula is C45H27N3O. The average molecular weight is 626 g/mol. The first-order chi connectivity index (χ1) is 24.3. The van der Waals surface area contributed by atoms with Crippen molar-refractivity contribution in [2.45, 2.75) is 0 Å². The van der Waals surface area contributed by atoms with Crippen LogP contribution in [0.5, 0.6) is 0 Å². The smallest absolute Gasteiger partial charge is 0.164 e. The van der Waals surface area contributed by atoms with Gasteiger partial charge in [0.25, 0.3) is 0 Å². The maximum atomic E-state index is 6.50. The highest BCUT2D eigenvalue weighted by Gasteiger charge is 2.18. The monoisotopic (exact) mass is 625 g/mol. The Kier molecular flexibility index (Phi) is 6.15. The fraction of sp³-hybridized carbons (Fsp3) is 0. The molecule has 2 aromatic heterocycles. The van der Waals surface area contributed by atoms with Gasteiger partial charge in [0.15, 0.2) is 17.5 Å². The van der Waals surface area contributed by atoms with E-state index in [9.17, 15) is 0 Å². The molecule has 0 N–H and O–H groups in total. The van der Waals surface area contributed by atoms with Crippen LogP contribution in [0.4, 0.5) is 0 Å². The van der Waals surface area contributed by atoms with Crippen LogP contribution in [-0.4, -0.2) is 15.0 Å². The second-order valence-electron chi connectivity index (χ2n) is 12.4. The SMILES string of the molecule is c1ccc(-c2ccc3cc(-c4nc(-c5ccccc5)nc(-c5ccc6c(c5)c5ccccc5c5c7ccccc7oc65)n4)ccc3c2)cc1. The summed E-state index contributed by atoms with van der Waals surface area (Å²) in [7, 11) is 0. The second kappa shape index (κ2) is 11.0. The minimum Gasteiger partial charge on any atom is -0.455 e. The van der Waals surface area contributed by atoms with Crippen molar-refractivity contribution in [3.05, 3.63) is 164 Å². The van der Waals surface area contributed by atoms with Crippen molar-refractivity contribution in [1.29, 1.82) is 0 Å². The van der Waals surface area contributed by atoms with E-state index in [1.165, 1.54) is 27.3 Å². The first-order valence-electron chi connectivity index (χ1n) is 16.4. The lowest BCUT2D eigenvalue weighted by molar-refractivity contribution is 0.673. The molecule has 0 aliphatic carbocycles. The number of nitrogens with zero attached hydrogens (tertiary/aromatic N) is 3. The maximum Gasteiger partial charge on any atom is 0.164 e. The van der Waals surface area contributed by atoms with Gasteiger partial charge < -0.3 is 4.42 Å². The Hall–Kier alpha value is -6.65. The van der Waals surface area contributed by atoms with Crippen molar-refractivity contribution in [1.82, 2.24) is 15.0 Å². The molecule has 10 rings (SSSR count). The predicted octanol–water partition coefficient (Wildman–Crippen LogP) is 11.9. The van der Waals surface area contributed by atoms with E-state index in [1.807, 2.05) is 48.5 Å². The zero-order valence-corrected chi connectivity index (χ0v) is 26.3. The predicted molar refractivity (Wildman–Crippen MR) is 201 cm³/mol. The van der Waals surface area contributed by atoms with E-state index in [2.05, 4.69) is 115 Å². The van der Waals surface area contributed by atoms with Gasteiger partial charge >= 0.3 is 0 Å². The van der Waals surface area contributed by atoms with Crippen LogP contribution in [0.2, 0.25) is 0 Å². The highest BCUT2D eigenvalue weighted by atomic mass is 16.3. The fourth-order valence-electron chi connectivity index (χ4n) is 7.09. The molecule has 0 aliphatic heterocycles. The molecule has 0 aliphatic rings. The Morgan fingerprint density at radius 3 is 1.59 bits per heavy atom. The van der Waals surface area contributed by atoms with Crippen molar-refractivity contribution < 1.29 is 4.42 Å². The summed E-state index contributed by atoms with van der Waals surface area (Å²) in [5.41, 5.74) is 6.98. The van der Waals surface area contributed by atoms with E-state index in [-0.39, 0.29) is 0 Å². The Bertz CT molecular complexity index is 2880. The summed E-state index contributed by atoms with van der Waals surface area (Å²) in [4.78, 5) is 15.2. The van der Waals surface area contributed by atoms with Gasteiger partial charge in [-0.05, 0) is 68.4 Å². The van der Waals surface area contributed by atoms with E-state index >= 15 is 0 Å². The summed E-state index contributed by atoms with van der Waals surface area (Å²) in [6.45, 7) is 0. The van der Waals surface area contributed by atoms with Crippen molar-refractivity contribution in [2.75, 3.05) is 0 Å². The molecule has 4 heteroatoms. The van der Waals surface area contributed by atoms with Gasteiger partial charge in [-0.25, -0.2) is 15.0 Å². The van der Waals surface area contributed by atoms with E-state index in [4.69, 9.17) is 19.4 Å². The van der Waals surface area contributed by atoms with E-state index in [0.717, 1.165) is 54.8 Å². The summed E-state index contributed by atoms with van der Waals surface area (Å²) in [5.74, 6) is 1.90. The third kappa shape index (κ3) is 4.57. The molecule has 49 heavy (non-hydrogen) atoms. The Morgan fingerprint density at radius 1 is 0.327 bits per heavy atom. The van der Waals surface area contributed by atoms with Crippen LogP contribution < -0.4 is 0 Å². The van der Waals surface area contributed by atoms with Crippen molar-refractivity contribution in [2.24, 2.45) is 0 Å². The van der Waals surface area contributed by atoms with Crippen LogP contribution in [0.3, 0.4) is 0 Å². The Labute approximate surface area is 282 Å². The number of rotatable bonds is 4. The fourth-order valence-corrected chi connectivity index (χ4v) is 7.09. The molecule has 0 fully saturated rings. The quantitative estimate of drug-likeness (QED) is 0.183. The minimum atomic E-state index is 0.624. The van der Waals surface area contributed by atoms with Gasteiger partial charge in [-0.2, -0.15) is 0 Å². The summed E-state index contributed by atoms with van der Waals surface area (Å²) in [6, 6.07) is 56.9. The topological polar surface area (TPSA) is 51.8 Å². The standard InChI is InChI=1S/C45H27N3O/c1-3-11-28(12-4-1)30-19-20-32-26-33(22-21-31(32)25-30)44-46-43(29-13-5-2-6-14-29)47-45(48-44)34-23-24-37-39(27-34)35-15-7-8-16-36(35)41-38-17-9-10-18-40(38)49-42(37)41/h1-27H. The van der Waals surface area contributed by atoms with Crippen LogP contribution in [0.1, 0.15) is 0 Å². The van der Waals surface area contributed by atoms with Gasteiger partial charge in [0.2, 0.25) is 0 Å². The third-order valence-electron chi connectivity index (χ3n) is 9.48. The summed E-state index contributed by atoms with van der Waals surface area (Å²) in [6.07, 6.45) is 0. The number of hydrogen-bond acceptors (Lipinski definition) is 4. The van der Waals surface area contributed by atoms with Crippen LogP contribution in [0, 0.1) is 0 Å². The summed E-state index contributed by atoms with van der Waals surface area (Å²) >= 11 is 0. The zero-order chi connectivity index (χ0) is 32.3. The van der Waals surface area contributed by atoms with Crippen LogP contribution >= 0.6 is 0 Å². The molecule has 0 amide bonds.